The van der Waals surface area contributed by atoms with Crippen molar-refractivity contribution in [2.75, 3.05) is 5.73 Å². The van der Waals surface area contributed by atoms with Crippen molar-refractivity contribution < 1.29 is 9.21 Å². The molecule has 0 saturated carbocycles. The molecule has 0 fully saturated rings. The molecule has 0 saturated heterocycles. The minimum Gasteiger partial charge on any atom is -0.452 e. The van der Waals surface area contributed by atoms with Crippen LogP contribution in [0.5, 0.6) is 0 Å². The smallest absolute Gasteiger partial charge is 0.256 e. The van der Waals surface area contributed by atoms with Crippen LogP contribution in [0.4, 0.5) is 5.69 Å². The van der Waals surface area contributed by atoms with Gasteiger partial charge in [0.05, 0.1) is 11.8 Å². The molecular formula is C12H11ClN2O2. The van der Waals surface area contributed by atoms with Crippen LogP contribution in [0.1, 0.15) is 15.9 Å². The molecule has 0 unspecified atom stereocenters. The maximum Gasteiger partial charge on any atom is 0.256 e. The number of nitrogens with two attached hydrogens (primary N) is 1. The van der Waals surface area contributed by atoms with E-state index in [2.05, 4.69) is 5.32 Å². The van der Waals surface area contributed by atoms with E-state index in [1.54, 1.807) is 12.1 Å². The third-order valence-electron chi connectivity index (χ3n) is 2.30. The minimum atomic E-state index is -0.263. The number of amides is 1. The lowest BCUT2D eigenvalue weighted by Gasteiger charge is -2.04. The van der Waals surface area contributed by atoms with E-state index in [0.29, 0.717) is 17.8 Å². The van der Waals surface area contributed by atoms with Gasteiger partial charge in [0.25, 0.3) is 5.91 Å². The number of nitrogens with one attached hydrogen (secondary N) is 1. The molecule has 88 valence electrons. The fourth-order valence-corrected chi connectivity index (χ4v) is 1.57. The van der Waals surface area contributed by atoms with Crippen molar-refractivity contribution in [1.82, 2.24) is 5.32 Å². The number of hydrogen-bond donors (Lipinski definition) is 2. The maximum absolute atomic E-state index is 11.7. The van der Waals surface area contributed by atoms with Crippen molar-refractivity contribution >= 4 is 23.2 Å². The summed E-state index contributed by atoms with van der Waals surface area (Å²) in [5, 5.41) is 2.83. The number of carbonyl (C=O) groups excluding carboxylic acids is 1. The average molecular weight is 251 g/mol. The van der Waals surface area contributed by atoms with E-state index in [9.17, 15) is 4.79 Å². The highest BCUT2D eigenvalue weighted by atomic mass is 35.5. The van der Waals surface area contributed by atoms with E-state index >= 15 is 0 Å². The Bertz CT molecular complexity index is 520. The lowest BCUT2D eigenvalue weighted by Crippen LogP contribution is -2.22. The van der Waals surface area contributed by atoms with Gasteiger partial charge < -0.3 is 15.5 Å². The number of carbonyl (C=O) groups is 1. The second kappa shape index (κ2) is 4.93. The van der Waals surface area contributed by atoms with Gasteiger partial charge in [-0.15, -0.1) is 0 Å². The second-order valence-corrected chi connectivity index (χ2v) is 3.88. The largest absolute Gasteiger partial charge is 0.452 e. The van der Waals surface area contributed by atoms with E-state index in [1.807, 2.05) is 12.1 Å². The van der Waals surface area contributed by atoms with Gasteiger partial charge in [-0.2, -0.15) is 0 Å². The summed E-state index contributed by atoms with van der Waals surface area (Å²) < 4.78 is 4.84. The van der Waals surface area contributed by atoms with Crippen LogP contribution in [-0.2, 0) is 6.54 Å². The van der Waals surface area contributed by atoms with Gasteiger partial charge in [-0.05, 0) is 35.4 Å². The lowest BCUT2D eigenvalue weighted by molar-refractivity contribution is 0.0950. The second-order valence-electron chi connectivity index (χ2n) is 3.53. The quantitative estimate of drug-likeness (QED) is 0.822. The Labute approximate surface area is 103 Å². The summed E-state index contributed by atoms with van der Waals surface area (Å²) >= 11 is 5.69. The van der Waals surface area contributed by atoms with E-state index < -0.39 is 0 Å². The lowest BCUT2D eigenvalue weighted by atomic mass is 10.2. The molecule has 2 rings (SSSR count). The highest BCUT2D eigenvalue weighted by molar-refractivity contribution is 6.32. The first kappa shape index (κ1) is 11.5. The molecule has 0 aliphatic rings. The zero-order valence-corrected chi connectivity index (χ0v) is 9.70. The van der Waals surface area contributed by atoms with E-state index in [1.165, 1.54) is 12.3 Å². The monoisotopic (exact) mass is 250 g/mol. The molecule has 5 heteroatoms. The van der Waals surface area contributed by atoms with Crippen LogP contribution in [0.2, 0.25) is 5.22 Å². The molecule has 0 aliphatic heterocycles. The summed E-state index contributed by atoms with van der Waals surface area (Å²) in [4.78, 5) is 11.7. The van der Waals surface area contributed by atoms with Crippen LogP contribution < -0.4 is 11.1 Å². The first-order valence-electron chi connectivity index (χ1n) is 5.02. The van der Waals surface area contributed by atoms with E-state index in [-0.39, 0.29) is 11.1 Å². The Kier molecular flexibility index (Phi) is 3.35. The van der Waals surface area contributed by atoms with Gasteiger partial charge in [0.1, 0.15) is 0 Å². The molecule has 0 spiro atoms. The third-order valence-corrected chi connectivity index (χ3v) is 2.59. The summed E-state index contributed by atoms with van der Waals surface area (Å²) in [5.74, 6) is -0.263. The van der Waals surface area contributed by atoms with Gasteiger partial charge in [0.15, 0.2) is 0 Å². The predicted molar refractivity (Wildman–Crippen MR) is 65.7 cm³/mol. The summed E-state index contributed by atoms with van der Waals surface area (Å²) in [6, 6.07) is 8.80. The number of nitrogen functional groups attached to an aromatic ring is 1. The van der Waals surface area contributed by atoms with Crippen molar-refractivity contribution in [1.29, 1.82) is 0 Å². The third kappa shape index (κ3) is 2.79. The van der Waals surface area contributed by atoms with Crippen LogP contribution in [0.3, 0.4) is 0 Å². The number of furan rings is 1. The maximum atomic E-state index is 11.7. The van der Waals surface area contributed by atoms with Gasteiger partial charge in [-0.3, -0.25) is 4.79 Å². The molecule has 2 aromatic rings. The molecule has 0 bridgehead atoms. The van der Waals surface area contributed by atoms with Gasteiger partial charge in [0.2, 0.25) is 5.22 Å². The molecule has 0 atom stereocenters. The standard InChI is InChI=1S/C12H11ClN2O2/c13-11-10(5-6-17-11)12(16)15-7-8-1-3-9(14)4-2-8/h1-6H,7,14H2,(H,15,16). The van der Waals surface area contributed by atoms with Gasteiger partial charge in [-0.25, -0.2) is 0 Å². The first-order valence-corrected chi connectivity index (χ1v) is 5.40. The predicted octanol–water partition coefficient (Wildman–Crippen LogP) is 2.45. The zero-order chi connectivity index (χ0) is 12.3. The van der Waals surface area contributed by atoms with Crippen molar-refractivity contribution in [3.63, 3.8) is 0 Å². The fraction of sp³-hybridized carbons (Fsp3) is 0.0833. The molecule has 0 radical (unpaired) electrons. The molecule has 0 aliphatic carbocycles. The number of hydrogen-bond acceptors (Lipinski definition) is 3. The summed E-state index contributed by atoms with van der Waals surface area (Å²) in [6.07, 6.45) is 1.38. The van der Waals surface area contributed by atoms with Crippen molar-refractivity contribution in [3.8, 4) is 0 Å². The highest BCUT2D eigenvalue weighted by Gasteiger charge is 2.12. The van der Waals surface area contributed by atoms with Gasteiger partial charge in [-0.1, -0.05) is 12.1 Å². The molecule has 1 aromatic heterocycles. The van der Waals surface area contributed by atoms with Gasteiger partial charge in [0, 0.05) is 12.2 Å². The van der Waals surface area contributed by atoms with Crippen molar-refractivity contribution in [2.45, 2.75) is 6.54 Å². The van der Waals surface area contributed by atoms with E-state index in [0.717, 1.165) is 5.56 Å². The van der Waals surface area contributed by atoms with E-state index in [4.69, 9.17) is 21.8 Å². The highest BCUT2D eigenvalue weighted by Crippen LogP contribution is 2.16. The number of anilines is 1. The molecule has 1 heterocycles. The Morgan fingerprint density at radius 2 is 2.00 bits per heavy atom. The minimum absolute atomic E-state index is 0.0970. The fourth-order valence-electron chi connectivity index (χ4n) is 1.37. The topological polar surface area (TPSA) is 68.3 Å². The molecular weight excluding hydrogens is 240 g/mol. The van der Waals surface area contributed by atoms with Crippen molar-refractivity contribution in [2.24, 2.45) is 0 Å². The average Bonchev–Trinajstić information content (AvgIpc) is 2.74. The van der Waals surface area contributed by atoms with Crippen LogP contribution in [0.25, 0.3) is 0 Å². The molecule has 4 nitrogen and oxygen atoms in total. The Balaban J connectivity index is 1.97. The Morgan fingerprint density at radius 3 is 2.59 bits per heavy atom. The van der Waals surface area contributed by atoms with Crippen LogP contribution >= 0.6 is 11.6 Å². The van der Waals surface area contributed by atoms with Crippen LogP contribution in [0, 0.1) is 0 Å². The molecule has 1 amide bonds. The summed E-state index contributed by atoms with van der Waals surface area (Å²) in [6.45, 7) is 0.417. The summed E-state index contributed by atoms with van der Waals surface area (Å²) in [7, 11) is 0. The Morgan fingerprint density at radius 1 is 1.29 bits per heavy atom. The van der Waals surface area contributed by atoms with Crippen molar-refractivity contribution in [3.05, 3.63) is 52.9 Å². The Hall–Kier alpha value is -1.94. The van der Waals surface area contributed by atoms with Crippen LogP contribution in [0.15, 0.2) is 41.0 Å². The first-order chi connectivity index (χ1) is 8.16. The molecule has 3 N–H and O–H groups in total. The molecule has 1 aromatic carbocycles. The number of halogens is 1. The SMILES string of the molecule is Nc1ccc(CNC(=O)c2ccoc2Cl)cc1. The number of benzene rings is 1. The normalized spacial score (nSPS) is 10.2. The van der Waals surface area contributed by atoms with Crippen LogP contribution in [-0.4, -0.2) is 5.91 Å². The van der Waals surface area contributed by atoms with Gasteiger partial charge >= 0.3 is 0 Å². The zero-order valence-electron chi connectivity index (χ0n) is 8.94. The molecule has 17 heavy (non-hydrogen) atoms. The number of rotatable bonds is 3. The summed E-state index contributed by atoms with van der Waals surface area (Å²) in [5.41, 5.74) is 7.56.